The number of aryl methyl sites for hydroxylation is 1. The molecule has 0 saturated heterocycles. The first kappa shape index (κ1) is 19.5. The fraction of sp³-hybridized carbons (Fsp3) is 0.278. The molecule has 0 atom stereocenters. The van der Waals surface area contributed by atoms with Crippen LogP contribution in [0.1, 0.15) is 46.2 Å². The van der Waals surface area contributed by atoms with Crippen LogP contribution in [0.5, 0.6) is 5.75 Å². The molecule has 2 aromatic rings. The Labute approximate surface area is 155 Å². The number of halogens is 1. The Balaban J connectivity index is 1.91. The number of hydrogen-bond acceptors (Lipinski definition) is 5. The van der Waals surface area contributed by atoms with E-state index in [4.69, 9.17) is 26.5 Å². The Morgan fingerprint density at radius 3 is 2.42 bits per heavy atom. The molecule has 0 fully saturated rings. The predicted molar refractivity (Wildman–Crippen MR) is 96.8 cm³/mol. The van der Waals surface area contributed by atoms with Crippen LogP contribution < -0.4 is 15.8 Å². The van der Waals surface area contributed by atoms with Crippen molar-refractivity contribution >= 4 is 35.1 Å². The predicted octanol–water partition coefficient (Wildman–Crippen LogP) is 3.34. The number of carbonyl (C=O) groups is 3. The van der Waals surface area contributed by atoms with Crippen LogP contribution in [0.3, 0.4) is 0 Å². The number of amides is 2. The highest BCUT2D eigenvalue weighted by molar-refractivity contribution is 6.30. The number of ether oxygens (including phenoxy) is 1. The number of carbonyl (C=O) groups excluding carboxylic acids is 3. The summed E-state index contributed by atoms with van der Waals surface area (Å²) in [7, 11) is 0. The van der Waals surface area contributed by atoms with Crippen molar-refractivity contribution in [3.63, 3.8) is 0 Å². The number of hydrogen-bond donors (Lipinski definition) is 2. The largest absolute Gasteiger partial charge is 0.494 e. The molecule has 1 heterocycles. The van der Waals surface area contributed by atoms with Gasteiger partial charge in [0.05, 0.1) is 12.2 Å². The molecule has 0 saturated carbocycles. The van der Waals surface area contributed by atoms with Gasteiger partial charge in [0.2, 0.25) is 11.8 Å². The van der Waals surface area contributed by atoms with Crippen LogP contribution in [-0.4, -0.2) is 24.2 Å². The van der Waals surface area contributed by atoms with Gasteiger partial charge in [-0.05, 0) is 44.5 Å². The van der Waals surface area contributed by atoms with Gasteiger partial charge in [-0.2, -0.15) is 0 Å². The van der Waals surface area contributed by atoms with Gasteiger partial charge in [-0.3, -0.25) is 19.7 Å². The van der Waals surface area contributed by atoms with Gasteiger partial charge in [-0.15, -0.1) is 0 Å². The molecule has 0 aliphatic carbocycles. The molecule has 8 heteroatoms. The first-order valence-corrected chi connectivity index (χ1v) is 8.29. The van der Waals surface area contributed by atoms with Crippen LogP contribution in [0.2, 0.25) is 5.02 Å². The van der Waals surface area contributed by atoms with Gasteiger partial charge in [0.1, 0.15) is 17.1 Å². The third-order valence-electron chi connectivity index (χ3n) is 3.57. The summed E-state index contributed by atoms with van der Waals surface area (Å²) in [5.74, 6) is -0.809. The molecule has 1 aromatic carbocycles. The summed E-state index contributed by atoms with van der Waals surface area (Å²) in [5, 5.41) is 3.09. The second-order valence-corrected chi connectivity index (χ2v) is 6.05. The number of Topliss-reactive ketones (excluding diaryl/α,β-unsaturated/α-hetero) is 1. The van der Waals surface area contributed by atoms with Crippen molar-refractivity contribution in [2.75, 3.05) is 11.9 Å². The molecule has 0 aliphatic rings. The molecule has 7 nitrogen and oxygen atoms in total. The van der Waals surface area contributed by atoms with Gasteiger partial charge in [0.15, 0.2) is 5.78 Å². The first-order valence-electron chi connectivity index (χ1n) is 7.92. The minimum absolute atomic E-state index is 0.0823. The summed E-state index contributed by atoms with van der Waals surface area (Å²) in [6.45, 7) is 3.15. The van der Waals surface area contributed by atoms with E-state index in [0.717, 1.165) is 0 Å². The number of ketones is 1. The Kier molecular flexibility index (Phi) is 6.41. The van der Waals surface area contributed by atoms with Gasteiger partial charge >= 0.3 is 0 Å². The van der Waals surface area contributed by atoms with Crippen molar-refractivity contribution in [3.8, 4) is 5.75 Å². The van der Waals surface area contributed by atoms with Crippen molar-refractivity contribution < 1.29 is 23.5 Å². The van der Waals surface area contributed by atoms with Crippen molar-refractivity contribution in [1.82, 2.24) is 0 Å². The molecule has 1 aromatic heterocycles. The third-order valence-corrected chi connectivity index (χ3v) is 3.82. The van der Waals surface area contributed by atoms with E-state index in [2.05, 4.69) is 5.32 Å². The lowest BCUT2D eigenvalue weighted by Gasteiger charge is -2.07. The number of benzene rings is 1. The van der Waals surface area contributed by atoms with Crippen molar-refractivity contribution in [2.24, 2.45) is 5.73 Å². The molecular formula is C18H19ClN2O5. The van der Waals surface area contributed by atoms with E-state index in [-0.39, 0.29) is 40.9 Å². The molecule has 2 rings (SSSR count). The summed E-state index contributed by atoms with van der Waals surface area (Å²) in [6, 6.07) is 6.88. The van der Waals surface area contributed by atoms with E-state index in [1.165, 1.54) is 13.8 Å². The standard InChI is InChI=1S/C18H19ClN2O5/c1-10(22)15-11(2)26-18(16(15)17(20)24)21-14(23)4-3-9-25-13-7-5-12(19)6-8-13/h5-8H,3-4,9H2,1-2H3,(H2,20,24)(H,21,23). The van der Waals surface area contributed by atoms with Crippen molar-refractivity contribution in [2.45, 2.75) is 26.7 Å². The normalized spacial score (nSPS) is 10.4. The highest BCUT2D eigenvalue weighted by Crippen LogP contribution is 2.27. The number of primary amides is 1. The Morgan fingerprint density at radius 1 is 1.19 bits per heavy atom. The average Bonchev–Trinajstić information content (AvgIpc) is 2.89. The molecule has 0 spiro atoms. The maximum absolute atomic E-state index is 12.1. The van der Waals surface area contributed by atoms with E-state index >= 15 is 0 Å². The highest BCUT2D eigenvalue weighted by atomic mass is 35.5. The Bertz CT molecular complexity index is 827. The lowest BCUT2D eigenvalue weighted by molar-refractivity contribution is -0.116. The highest BCUT2D eigenvalue weighted by Gasteiger charge is 2.25. The van der Waals surface area contributed by atoms with Crippen LogP contribution in [-0.2, 0) is 4.79 Å². The fourth-order valence-electron chi connectivity index (χ4n) is 2.43. The molecule has 0 bridgehead atoms. The number of anilines is 1. The zero-order valence-corrected chi connectivity index (χ0v) is 15.2. The monoisotopic (exact) mass is 378 g/mol. The molecule has 2 amide bonds. The van der Waals surface area contributed by atoms with Crippen molar-refractivity contribution in [1.29, 1.82) is 0 Å². The van der Waals surface area contributed by atoms with Crippen LogP contribution in [0.4, 0.5) is 5.88 Å². The Hall–Kier alpha value is -2.80. The number of nitrogens with one attached hydrogen (secondary N) is 1. The third kappa shape index (κ3) is 4.86. The van der Waals surface area contributed by atoms with Crippen LogP contribution in [0, 0.1) is 6.92 Å². The summed E-state index contributed by atoms with van der Waals surface area (Å²) in [6.07, 6.45) is 0.584. The maximum atomic E-state index is 12.1. The van der Waals surface area contributed by atoms with E-state index < -0.39 is 5.91 Å². The smallest absolute Gasteiger partial charge is 0.255 e. The summed E-state index contributed by atoms with van der Waals surface area (Å²) < 4.78 is 10.8. The topological polar surface area (TPSA) is 112 Å². The van der Waals surface area contributed by atoms with E-state index in [0.29, 0.717) is 23.8 Å². The minimum atomic E-state index is -0.839. The SMILES string of the molecule is CC(=O)c1c(C)oc(NC(=O)CCCOc2ccc(Cl)cc2)c1C(N)=O. The van der Waals surface area contributed by atoms with E-state index in [1.807, 2.05) is 0 Å². The number of furan rings is 1. The molecule has 0 unspecified atom stereocenters. The fourth-order valence-corrected chi connectivity index (χ4v) is 2.56. The van der Waals surface area contributed by atoms with Crippen LogP contribution >= 0.6 is 11.6 Å². The molecule has 138 valence electrons. The van der Waals surface area contributed by atoms with Crippen molar-refractivity contribution in [3.05, 3.63) is 46.2 Å². The van der Waals surface area contributed by atoms with Gasteiger partial charge in [0.25, 0.3) is 5.91 Å². The minimum Gasteiger partial charge on any atom is -0.494 e. The summed E-state index contributed by atoms with van der Waals surface area (Å²) in [4.78, 5) is 35.3. The number of rotatable bonds is 8. The quantitative estimate of drug-likeness (QED) is 0.540. The average molecular weight is 379 g/mol. The zero-order valence-electron chi connectivity index (χ0n) is 14.4. The number of nitrogens with two attached hydrogens (primary N) is 1. The second kappa shape index (κ2) is 8.53. The summed E-state index contributed by atoms with van der Waals surface area (Å²) in [5.41, 5.74) is 5.28. The zero-order chi connectivity index (χ0) is 19.3. The maximum Gasteiger partial charge on any atom is 0.255 e. The Morgan fingerprint density at radius 2 is 1.85 bits per heavy atom. The van der Waals surface area contributed by atoms with E-state index in [9.17, 15) is 14.4 Å². The molecular weight excluding hydrogens is 360 g/mol. The molecule has 0 aliphatic heterocycles. The van der Waals surface area contributed by atoms with Gasteiger partial charge in [-0.25, -0.2) is 0 Å². The van der Waals surface area contributed by atoms with Gasteiger partial charge in [-0.1, -0.05) is 11.6 Å². The summed E-state index contributed by atoms with van der Waals surface area (Å²) >= 11 is 5.79. The van der Waals surface area contributed by atoms with Crippen LogP contribution in [0.15, 0.2) is 28.7 Å². The van der Waals surface area contributed by atoms with Crippen LogP contribution in [0.25, 0.3) is 0 Å². The van der Waals surface area contributed by atoms with Gasteiger partial charge in [0, 0.05) is 11.4 Å². The lowest BCUT2D eigenvalue weighted by Crippen LogP contribution is -2.19. The first-order chi connectivity index (χ1) is 12.3. The molecule has 26 heavy (non-hydrogen) atoms. The molecule has 0 radical (unpaired) electrons. The second-order valence-electron chi connectivity index (χ2n) is 5.61. The van der Waals surface area contributed by atoms with E-state index in [1.54, 1.807) is 24.3 Å². The lowest BCUT2D eigenvalue weighted by atomic mass is 10.1. The van der Waals surface area contributed by atoms with Gasteiger partial charge < -0.3 is 14.9 Å². The molecule has 3 N–H and O–H groups in total.